The molecule has 0 fully saturated rings. The first-order valence-electron chi connectivity index (χ1n) is 9.09. The van der Waals surface area contributed by atoms with Gasteiger partial charge in [-0.15, -0.1) is 11.3 Å². The molecule has 6 nitrogen and oxygen atoms in total. The minimum atomic E-state index is -3.59. The van der Waals surface area contributed by atoms with E-state index in [1.54, 1.807) is 47.9 Å². The number of carbonyl (C=O) groups is 1. The molecule has 8 heteroatoms. The first kappa shape index (κ1) is 21.6. The van der Waals surface area contributed by atoms with Gasteiger partial charge < -0.3 is 9.47 Å². The van der Waals surface area contributed by atoms with Crippen molar-refractivity contribution in [2.24, 2.45) is 0 Å². The lowest BCUT2D eigenvalue weighted by molar-refractivity contribution is -0.144. The van der Waals surface area contributed by atoms with Crippen LogP contribution >= 0.6 is 11.3 Å². The molecule has 0 aliphatic heterocycles. The third-order valence-corrected chi connectivity index (χ3v) is 7.28. The lowest BCUT2D eigenvalue weighted by Crippen LogP contribution is -2.25. The fourth-order valence-corrected chi connectivity index (χ4v) is 4.87. The molecule has 0 atom stereocenters. The molecule has 0 N–H and O–H groups in total. The third-order valence-electron chi connectivity index (χ3n) is 4.12. The second-order valence-electron chi connectivity index (χ2n) is 6.18. The van der Waals surface area contributed by atoms with Gasteiger partial charge in [-0.1, -0.05) is 42.5 Å². The molecule has 1 aromatic heterocycles. The smallest absolute Gasteiger partial charge is 0.344 e. The number of hydrogen-bond acceptors (Lipinski definition) is 6. The van der Waals surface area contributed by atoms with E-state index in [1.807, 2.05) is 36.4 Å². The number of nitrogens with zero attached hydrogens (tertiary/aromatic N) is 1. The highest BCUT2D eigenvalue weighted by Gasteiger charge is 2.22. The standard InChI is InChI=1S/C22H21NO5S2/c1-23(30(25,26)22-10-6-16-29-22)19-11-13-20(14-12-19)28-17-21(24)27-15-5-9-18-7-3-2-4-8-18/h2-14,16H,15,17H2,1H3/b9-5+. The summed E-state index contributed by atoms with van der Waals surface area (Å²) in [4.78, 5) is 11.8. The van der Waals surface area contributed by atoms with E-state index < -0.39 is 16.0 Å². The highest BCUT2D eigenvalue weighted by atomic mass is 32.2. The maximum Gasteiger partial charge on any atom is 0.344 e. The van der Waals surface area contributed by atoms with E-state index in [2.05, 4.69) is 0 Å². The number of carbonyl (C=O) groups excluding carboxylic acids is 1. The van der Waals surface area contributed by atoms with Gasteiger partial charge in [-0.05, 0) is 47.4 Å². The predicted molar refractivity (Wildman–Crippen MR) is 118 cm³/mol. The Labute approximate surface area is 180 Å². The number of hydrogen-bond donors (Lipinski definition) is 0. The van der Waals surface area contributed by atoms with Crippen molar-refractivity contribution >= 4 is 39.1 Å². The summed E-state index contributed by atoms with van der Waals surface area (Å²) in [6.07, 6.45) is 3.62. The zero-order chi connectivity index (χ0) is 21.4. The van der Waals surface area contributed by atoms with Crippen molar-refractivity contribution in [3.8, 4) is 5.75 Å². The van der Waals surface area contributed by atoms with E-state index in [-0.39, 0.29) is 17.4 Å². The number of thiophene rings is 1. The zero-order valence-electron chi connectivity index (χ0n) is 16.3. The summed E-state index contributed by atoms with van der Waals surface area (Å²) in [6, 6.07) is 19.4. The Bertz CT molecular complexity index is 1080. The van der Waals surface area contributed by atoms with Crippen LogP contribution < -0.4 is 9.04 Å². The number of benzene rings is 2. The van der Waals surface area contributed by atoms with Crippen LogP contribution in [0.2, 0.25) is 0 Å². The molecular formula is C22H21NO5S2. The van der Waals surface area contributed by atoms with Crippen molar-refractivity contribution in [3.63, 3.8) is 0 Å². The molecule has 2 aromatic carbocycles. The predicted octanol–water partition coefficient (Wildman–Crippen LogP) is 4.21. The van der Waals surface area contributed by atoms with E-state index in [0.29, 0.717) is 11.4 Å². The summed E-state index contributed by atoms with van der Waals surface area (Å²) in [5.74, 6) is -0.0494. The lowest BCUT2D eigenvalue weighted by Gasteiger charge is -2.18. The van der Waals surface area contributed by atoms with Crippen LogP contribution in [-0.2, 0) is 19.6 Å². The molecule has 3 aromatic rings. The number of esters is 1. The van der Waals surface area contributed by atoms with Crippen LogP contribution in [0.4, 0.5) is 5.69 Å². The van der Waals surface area contributed by atoms with Gasteiger partial charge in [0.25, 0.3) is 10.0 Å². The van der Waals surface area contributed by atoms with Gasteiger partial charge in [0.15, 0.2) is 6.61 Å². The average Bonchev–Trinajstić information content (AvgIpc) is 3.32. The minimum Gasteiger partial charge on any atom is -0.482 e. The van der Waals surface area contributed by atoms with Crippen LogP contribution in [-0.4, -0.2) is 34.6 Å². The van der Waals surface area contributed by atoms with Gasteiger partial charge in [-0.3, -0.25) is 4.31 Å². The Morgan fingerprint density at radius 2 is 1.77 bits per heavy atom. The second kappa shape index (κ2) is 10.1. The van der Waals surface area contributed by atoms with Crippen LogP contribution in [0.15, 0.2) is 82.4 Å². The molecule has 0 unspecified atom stereocenters. The summed E-state index contributed by atoms with van der Waals surface area (Å²) in [5.41, 5.74) is 1.51. The lowest BCUT2D eigenvalue weighted by atomic mass is 10.2. The molecule has 30 heavy (non-hydrogen) atoms. The van der Waals surface area contributed by atoms with Crippen LogP contribution in [0.5, 0.6) is 5.75 Å². The Morgan fingerprint density at radius 3 is 2.43 bits per heavy atom. The molecule has 0 saturated carbocycles. The number of ether oxygens (including phenoxy) is 2. The van der Waals surface area contributed by atoms with Crippen molar-refractivity contribution in [1.29, 1.82) is 0 Å². The molecule has 0 spiro atoms. The third kappa shape index (κ3) is 5.71. The minimum absolute atomic E-state index is 0.154. The fourth-order valence-electron chi connectivity index (χ4n) is 2.51. The highest BCUT2D eigenvalue weighted by molar-refractivity contribution is 7.94. The molecule has 0 bridgehead atoms. The van der Waals surface area contributed by atoms with Gasteiger partial charge in [0, 0.05) is 7.05 Å². The van der Waals surface area contributed by atoms with Crippen molar-refractivity contribution in [2.45, 2.75) is 4.21 Å². The van der Waals surface area contributed by atoms with E-state index in [1.165, 1.54) is 11.4 Å². The van der Waals surface area contributed by atoms with Gasteiger partial charge in [-0.2, -0.15) is 0 Å². The maximum absolute atomic E-state index is 12.5. The number of sulfonamides is 1. The summed E-state index contributed by atoms with van der Waals surface area (Å²) < 4.78 is 37.1. The Balaban J connectivity index is 1.47. The molecule has 156 valence electrons. The van der Waals surface area contributed by atoms with E-state index >= 15 is 0 Å². The van der Waals surface area contributed by atoms with Crippen LogP contribution in [0, 0.1) is 0 Å². The molecule has 0 saturated heterocycles. The van der Waals surface area contributed by atoms with Crippen molar-refractivity contribution in [2.75, 3.05) is 24.6 Å². The maximum atomic E-state index is 12.5. The largest absolute Gasteiger partial charge is 0.482 e. The molecule has 1 heterocycles. The van der Waals surface area contributed by atoms with Gasteiger partial charge >= 0.3 is 5.97 Å². The first-order chi connectivity index (χ1) is 14.5. The molecule has 3 rings (SSSR count). The van der Waals surface area contributed by atoms with Crippen LogP contribution in [0.1, 0.15) is 5.56 Å². The zero-order valence-corrected chi connectivity index (χ0v) is 17.9. The second-order valence-corrected chi connectivity index (χ2v) is 9.33. The SMILES string of the molecule is CN(c1ccc(OCC(=O)OC/C=C/c2ccccc2)cc1)S(=O)(=O)c1cccs1. The Hall–Kier alpha value is -3.10. The molecule has 0 radical (unpaired) electrons. The van der Waals surface area contributed by atoms with Crippen molar-refractivity contribution in [1.82, 2.24) is 0 Å². The van der Waals surface area contributed by atoms with Gasteiger partial charge in [-0.25, -0.2) is 13.2 Å². The van der Waals surface area contributed by atoms with Crippen LogP contribution in [0.25, 0.3) is 6.08 Å². The summed E-state index contributed by atoms with van der Waals surface area (Å²) in [7, 11) is -2.10. The monoisotopic (exact) mass is 443 g/mol. The number of rotatable bonds is 9. The van der Waals surface area contributed by atoms with Gasteiger partial charge in [0.05, 0.1) is 5.69 Å². The van der Waals surface area contributed by atoms with E-state index in [4.69, 9.17) is 9.47 Å². The average molecular weight is 444 g/mol. The van der Waals surface area contributed by atoms with Crippen molar-refractivity contribution < 1.29 is 22.7 Å². The van der Waals surface area contributed by atoms with E-state index in [9.17, 15) is 13.2 Å². The molecular weight excluding hydrogens is 422 g/mol. The summed E-state index contributed by atoms with van der Waals surface area (Å²) >= 11 is 1.16. The first-order valence-corrected chi connectivity index (χ1v) is 11.4. The Kier molecular flexibility index (Phi) is 7.26. The van der Waals surface area contributed by atoms with E-state index in [0.717, 1.165) is 16.9 Å². The topological polar surface area (TPSA) is 72.9 Å². The van der Waals surface area contributed by atoms with Gasteiger partial charge in [0.2, 0.25) is 0 Å². The summed E-state index contributed by atoms with van der Waals surface area (Å²) in [5, 5.41) is 1.72. The summed E-state index contributed by atoms with van der Waals surface area (Å²) in [6.45, 7) is -0.0801. The number of anilines is 1. The van der Waals surface area contributed by atoms with Gasteiger partial charge in [0.1, 0.15) is 16.6 Å². The molecule has 0 amide bonds. The molecule has 0 aliphatic carbocycles. The Morgan fingerprint density at radius 1 is 1.03 bits per heavy atom. The van der Waals surface area contributed by atoms with Crippen LogP contribution in [0.3, 0.4) is 0 Å². The van der Waals surface area contributed by atoms with Crippen molar-refractivity contribution in [3.05, 3.63) is 83.7 Å². The normalized spacial score (nSPS) is 11.4. The highest BCUT2D eigenvalue weighted by Crippen LogP contribution is 2.26. The molecule has 0 aliphatic rings. The quantitative estimate of drug-likeness (QED) is 0.463. The fraction of sp³-hybridized carbons (Fsp3) is 0.136.